The molecule has 1 aliphatic rings. The summed E-state index contributed by atoms with van der Waals surface area (Å²) in [5.41, 5.74) is 9.08. The van der Waals surface area contributed by atoms with E-state index in [9.17, 15) is 9.59 Å². The fourth-order valence-corrected chi connectivity index (χ4v) is 4.39. The summed E-state index contributed by atoms with van der Waals surface area (Å²) in [6, 6.07) is 10.1. The van der Waals surface area contributed by atoms with Crippen molar-refractivity contribution < 1.29 is 14.7 Å². The molecule has 1 saturated heterocycles. The highest BCUT2D eigenvalue weighted by atomic mass is 16.4. The fraction of sp³-hybridized carbons (Fsp3) is 0.375. The Morgan fingerprint density at radius 2 is 1.94 bits per heavy atom. The Morgan fingerprint density at radius 3 is 2.62 bits per heavy atom. The predicted octanol–water partition coefficient (Wildman–Crippen LogP) is 3.24. The second-order valence-corrected chi connectivity index (χ2v) is 8.65. The molecule has 1 fully saturated rings. The van der Waals surface area contributed by atoms with Crippen LogP contribution in [0.15, 0.2) is 48.9 Å². The number of aryl methyl sites for hydroxylation is 1. The Balaban J connectivity index is 1.48. The number of nitrogens with one attached hydrogen (secondary N) is 1. The van der Waals surface area contributed by atoms with E-state index in [0.29, 0.717) is 38.3 Å². The molecule has 10 heteroatoms. The van der Waals surface area contributed by atoms with E-state index in [-0.39, 0.29) is 24.3 Å². The van der Waals surface area contributed by atoms with Gasteiger partial charge in [0.2, 0.25) is 11.9 Å². The maximum Gasteiger partial charge on any atom is 0.407 e. The minimum absolute atomic E-state index is 0.145. The number of carbonyl (C=O) groups excluding carboxylic acids is 1. The Hall–Kier alpha value is -3.95. The molecule has 4 N–H and O–H groups in total. The van der Waals surface area contributed by atoms with Crippen LogP contribution in [0.2, 0.25) is 0 Å². The summed E-state index contributed by atoms with van der Waals surface area (Å²) in [5.74, 6) is -0.113. The number of piperidine rings is 1. The number of carbonyl (C=O) groups is 2. The topological polar surface area (TPSA) is 139 Å². The summed E-state index contributed by atoms with van der Waals surface area (Å²) in [6.07, 6.45) is 6.73. The van der Waals surface area contributed by atoms with Crippen molar-refractivity contribution in [3.63, 3.8) is 0 Å². The lowest BCUT2D eigenvalue weighted by Gasteiger charge is -2.29. The number of nitrogens with two attached hydrogens (primary N) is 1. The minimum Gasteiger partial charge on any atom is -0.465 e. The minimum atomic E-state index is -0.879. The summed E-state index contributed by atoms with van der Waals surface area (Å²) < 4.78 is 1.86. The Labute approximate surface area is 197 Å². The zero-order valence-electron chi connectivity index (χ0n) is 19.1. The maximum atomic E-state index is 11.8. The number of benzene rings is 1. The molecule has 4 rings (SSSR count). The quantitative estimate of drug-likeness (QED) is 0.466. The first-order chi connectivity index (χ1) is 16.4. The zero-order valence-corrected chi connectivity index (χ0v) is 19.1. The average Bonchev–Trinajstić information content (AvgIpc) is 3.29. The number of carboxylic acid groups (broad SMARTS) is 1. The fourth-order valence-electron chi connectivity index (χ4n) is 4.39. The molecule has 2 aromatic heterocycles. The summed E-state index contributed by atoms with van der Waals surface area (Å²) >= 11 is 0. The second kappa shape index (κ2) is 10.3. The monoisotopic (exact) mass is 463 g/mol. The van der Waals surface area contributed by atoms with Gasteiger partial charge in [0.05, 0.1) is 23.6 Å². The summed E-state index contributed by atoms with van der Waals surface area (Å²) in [7, 11) is 0. The highest BCUT2D eigenvalue weighted by Crippen LogP contribution is 2.28. The van der Waals surface area contributed by atoms with Crippen LogP contribution < -0.4 is 11.1 Å². The summed E-state index contributed by atoms with van der Waals surface area (Å²) in [4.78, 5) is 33.5. The van der Waals surface area contributed by atoms with Crippen LogP contribution in [-0.2, 0) is 11.2 Å². The zero-order chi connectivity index (χ0) is 24.1. The first kappa shape index (κ1) is 23.2. The van der Waals surface area contributed by atoms with Gasteiger partial charge < -0.3 is 21.1 Å². The molecule has 0 spiro atoms. The molecule has 0 bridgehead atoms. The average molecular weight is 464 g/mol. The van der Waals surface area contributed by atoms with Crippen molar-refractivity contribution in [2.45, 2.75) is 44.6 Å². The number of rotatable bonds is 8. The van der Waals surface area contributed by atoms with E-state index in [1.165, 1.54) is 4.90 Å². The van der Waals surface area contributed by atoms with Gasteiger partial charge in [-0.2, -0.15) is 5.10 Å². The summed E-state index contributed by atoms with van der Waals surface area (Å²) in [6.45, 7) is 2.92. The molecule has 0 radical (unpaired) electrons. The lowest BCUT2D eigenvalue weighted by Crippen LogP contribution is -2.38. The Morgan fingerprint density at radius 1 is 1.21 bits per heavy atom. The van der Waals surface area contributed by atoms with Crippen molar-refractivity contribution in [3.8, 4) is 0 Å². The molecule has 3 heterocycles. The van der Waals surface area contributed by atoms with Gasteiger partial charge in [-0.3, -0.25) is 9.48 Å². The van der Waals surface area contributed by atoms with Gasteiger partial charge >= 0.3 is 6.09 Å². The molecule has 3 aromatic rings. The third kappa shape index (κ3) is 5.69. The van der Waals surface area contributed by atoms with Crippen molar-refractivity contribution >= 4 is 23.6 Å². The number of hydrogen-bond acceptors (Lipinski definition) is 6. The van der Waals surface area contributed by atoms with Gasteiger partial charge in [-0.25, -0.2) is 14.8 Å². The molecule has 1 aromatic carbocycles. The maximum absolute atomic E-state index is 11.8. The number of aromatic nitrogens is 4. The van der Waals surface area contributed by atoms with Crippen molar-refractivity contribution in [2.24, 2.45) is 5.73 Å². The van der Waals surface area contributed by atoms with Crippen LogP contribution >= 0.6 is 0 Å². The molecule has 10 nitrogen and oxygen atoms in total. The van der Waals surface area contributed by atoms with E-state index in [1.54, 1.807) is 12.4 Å². The SMILES string of the molecule is Cc1cnc(Nc2cnn(C3CCN(C(=O)O)CC3)c2)nc1C(CC(N)=O)Cc1ccccc1. The number of primary amides is 1. The van der Waals surface area contributed by atoms with Gasteiger partial charge in [-0.15, -0.1) is 0 Å². The largest absolute Gasteiger partial charge is 0.465 e. The van der Waals surface area contributed by atoms with Crippen LogP contribution in [0.1, 0.15) is 48.0 Å². The number of amides is 2. The molecule has 178 valence electrons. The Kier molecular flexibility index (Phi) is 7.05. The van der Waals surface area contributed by atoms with E-state index in [0.717, 1.165) is 22.5 Å². The van der Waals surface area contributed by atoms with E-state index >= 15 is 0 Å². The predicted molar refractivity (Wildman–Crippen MR) is 127 cm³/mol. The molecule has 0 saturated carbocycles. The molecule has 0 aliphatic carbocycles. The number of nitrogens with zero attached hydrogens (tertiary/aromatic N) is 5. The lowest BCUT2D eigenvalue weighted by atomic mass is 9.90. The first-order valence-electron chi connectivity index (χ1n) is 11.3. The van der Waals surface area contributed by atoms with Gasteiger partial charge in [0.25, 0.3) is 0 Å². The molecular weight excluding hydrogens is 434 g/mol. The number of anilines is 2. The van der Waals surface area contributed by atoms with E-state index in [1.807, 2.05) is 48.1 Å². The van der Waals surface area contributed by atoms with Crippen molar-refractivity contribution in [3.05, 3.63) is 65.7 Å². The Bertz CT molecular complexity index is 1140. The van der Waals surface area contributed by atoms with Gasteiger partial charge in [-0.05, 0) is 37.3 Å². The van der Waals surface area contributed by atoms with Gasteiger partial charge in [0.15, 0.2) is 0 Å². The van der Waals surface area contributed by atoms with Gasteiger partial charge in [0.1, 0.15) is 0 Å². The van der Waals surface area contributed by atoms with E-state index < -0.39 is 6.09 Å². The lowest BCUT2D eigenvalue weighted by molar-refractivity contribution is -0.118. The van der Waals surface area contributed by atoms with Crippen LogP contribution in [-0.4, -0.2) is 54.8 Å². The molecule has 2 amide bonds. The van der Waals surface area contributed by atoms with Crippen molar-refractivity contribution in [1.82, 2.24) is 24.6 Å². The van der Waals surface area contributed by atoms with E-state index in [2.05, 4.69) is 15.4 Å². The number of likely N-dealkylation sites (tertiary alicyclic amines) is 1. The van der Waals surface area contributed by atoms with E-state index in [4.69, 9.17) is 15.8 Å². The summed E-state index contributed by atoms with van der Waals surface area (Å²) in [5, 5.41) is 16.8. The van der Waals surface area contributed by atoms with Crippen molar-refractivity contribution in [1.29, 1.82) is 0 Å². The molecule has 1 unspecified atom stereocenters. The smallest absolute Gasteiger partial charge is 0.407 e. The number of hydrogen-bond donors (Lipinski definition) is 3. The third-order valence-electron chi connectivity index (χ3n) is 6.14. The van der Waals surface area contributed by atoms with Crippen LogP contribution in [0.3, 0.4) is 0 Å². The molecular formula is C24H29N7O3. The third-order valence-corrected chi connectivity index (χ3v) is 6.14. The van der Waals surface area contributed by atoms with Crippen LogP contribution in [0.25, 0.3) is 0 Å². The normalized spacial score (nSPS) is 15.1. The molecule has 1 aliphatic heterocycles. The van der Waals surface area contributed by atoms with Crippen LogP contribution in [0.4, 0.5) is 16.4 Å². The van der Waals surface area contributed by atoms with Crippen LogP contribution in [0.5, 0.6) is 0 Å². The standard InChI is InChI=1S/C24H29N7O3/c1-16-13-26-23(29-22(16)18(12-21(25)32)11-17-5-3-2-4-6-17)28-19-14-27-31(15-19)20-7-9-30(10-8-20)24(33)34/h2-6,13-15,18,20H,7-12H2,1H3,(H2,25,32)(H,33,34)(H,26,28,29). The molecule has 34 heavy (non-hydrogen) atoms. The van der Waals surface area contributed by atoms with Gasteiger partial charge in [0, 0.05) is 37.8 Å². The second-order valence-electron chi connectivity index (χ2n) is 8.65. The first-order valence-corrected chi connectivity index (χ1v) is 11.3. The van der Waals surface area contributed by atoms with Crippen LogP contribution in [0, 0.1) is 6.92 Å². The van der Waals surface area contributed by atoms with Gasteiger partial charge in [-0.1, -0.05) is 30.3 Å². The highest BCUT2D eigenvalue weighted by molar-refractivity contribution is 5.74. The van der Waals surface area contributed by atoms with Crippen molar-refractivity contribution in [2.75, 3.05) is 18.4 Å². The highest BCUT2D eigenvalue weighted by Gasteiger charge is 2.24. The molecule has 1 atom stereocenters.